The molecule has 5 heteroatoms. The van der Waals surface area contributed by atoms with Crippen molar-refractivity contribution in [3.63, 3.8) is 0 Å². The third-order valence-electron chi connectivity index (χ3n) is 2.23. The molecule has 0 fully saturated rings. The van der Waals surface area contributed by atoms with E-state index in [0.717, 1.165) is 5.56 Å². The van der Waals surface area contributed by atoms with E-state index < -0.39 is 18.2 Å². The van der Waals surface area contributed by atoms with Gasteiger partial charge in [0, 0.05) is 0 Å². The number of alkyl halides is 1. The van der Waals surface area contributed by atoms with E-state index in [1.165, 1.54) is 0 Å². The van der Waals surface area contributed by atoms with Gasteiger partial charge in [-0.15, -0.1) is 11.6 Å². The van der Waals surface area contributed by atoms with Crippen LogP contribution in [0, 0.1) is 0 Å². The predicted octanol–water partition coefficient (Wildman–Crippen LogP) is 1.46. The number of nitrogens with one attached hydrogen (secondary N) is 1. The van der Waals surface area contributed by atoms with Crippen LogP contribution in [0.3, 0.4) is 0 Å². The standard InChI is InChI=1S/C11H14ClNO3/c12-7-10(14)9(13-11(15)16)6-8-4-2-1-3-5-8/h1-5,9-10,13-14H,6-7H2,(H,15,16)/t9?,10-/m1/s1. The normalized spacial score (nSPS) is 14.1. The number of aliphatic hydroxyl groups excluding tert-OH is 1. The predicted molar refractivity (Wildman–Crippen MR) is 61.8 cm³/mol. The number of amides is 1. The Bertz CT molecular complexity index is 331. The van der Waals surface area contributed by atoms with Gasteiger partial charge < -0.3 is 15.5 Å². The molecule has 0 saturated heterocycles. The van der Waals surface area contributed by atoms with E-state index in [-0.39, 0.29) is 5.88 Å². The van der Waals surface area contributed by atoms with Crippen LogP contribution in [-0.2, 0) is 6.42 Å². The monoisotopic (exact) mass is 243 g/mol. The molecule has 0 heterocycles. The van der Waals surface area contributed by atoms with Gasteiger partial charge in [0.1, 0.15) is 0 Å². The summed E-state index contributed by atoms with van der Waals surface area (Å²) in [5.74, 6) is -0.00220. The summed E-state index contributed by atoms with van der Waals surface area (Å²) in [4.78, 5) is 10.6. The van der Waals surface area contributed by atoms with Crippen molar-refractivity contribution in [2.45, 2.75) is 18.6 Å². The second-order valence-electron chi connectivity index (χ2n) is 3.47. The maximum Gasteiger partial charge on any atom is 0.404 e. The minimum atomic E-state index is -1.16. The molecule has 0 aliphatic rings. The molecule has 1 unspecified atom stereocenters. The van der Waals surface area contributed by atoms with Crippen LogP contribution in [0.15, 0.2) is 30.3 Å². The van der Waals surface area contributed by atoms with E-state index in [1.54, 1.807) is 0 Å². The Morgan fingerprint density at radius 1 is 1.38 bits per heavy atom. The zero-order chi connectivity index (χ0) is 12.0. The summed E-state index contributed by atoms with van der Waals surface area (Å²) in [5, 5.41) is 20.5. The molecule has 1 amide bonds. The van der Waals surface area contributed by atoms with E-state index in [9.17, 15) is 9.90 Å². The van der Waals surface area contributed by atoms with E-state index in [0.29, 0.717) is 6.42 Å². The first-order chi connectivity index (χ1) is 7.63. The lowest BCUT2D eigenvalue weighted by molar-refractivity contribution is 0.135. The first kappa shape index (κ1) is 12.8. The lowest BCUT2D eigenvalue weighted by Gasteiger charge is -2.21. The van der Waals surface area contributed by atoms with Crippen LogP contribution in [-0.4, -0.2) is 34.3 Å². The zero-order valence-corrected chi connectivity index (χ0v) is 9.39. The highest BCUT2D eigenvalue weighted by Gasteiger charge is 2.20. The lowest BCUT2D eigenvalue weighted by Crippen LogP contribution is -2.45. The Hall–Kier alpha value is -1.26. The Morgan fingerprint density at radius 2 is 2.00 bits per heavy atom. The van der Waals surface area contributed by atoms with E-state index >= 15 is 0 Å². The molecule has 0 aromatic heterocycles. The Kier molecular flexibility index (Phi) is 5.08. The maximum atomic E-state index is 10.6. The SMILES string of the molecule is O=C(O)NC(Cc1ccccc1)[C@H](O)CCl. The average molecular weight is 244 g/mol. The van der Waals surface area contributed by atoms with Crippen molar-refractivity contribution in [2.75, 3.05) is 5.88 Å². The molecular weight excluding hydrogens is 230 g/mol. The van der Waals surface area contributed by atoms with E-state index in [4.69, 9.17) is 16.7 Å². The van der Waals surface area contributed by atoms with Crippen LogP contribution in [0.25, 0.3) is 0 Å². The number of hydrogen-bond acceptors (Lipinski definition) is 2. The first-order valence-corrected chi connectivity index (χ1v) is 5.44. The van der Waals surface area contributed by atoms with Crippen LogP contribution in [0.5, 0.6) is 0 Å². The Labute approximate surface area is 98.9 Å². The molecule has 0 spiro atoms. The van der Waals surface area contributed by atoms with Crippen LogP contribution in [0.2, 0.25) is 0 Å². The highest BCUT2D eigenvalue weighted by Crippen LogP contribution is 2.07. The second-order valence-corrected chi connectivity index (χ2v) is 3.78. The summed E-state index contributed by atoms with van der Waals surface area (Å²) in [6.07, 6.45) is -1.64. The number of rotatable bonds is 5. The Morgan fingerprint density at radius 3 is 2.50 bits per heavy atom. The van der Waals surface area contributed by atoms with Crippen molar-refractivity contribution in [3.8, 4) is 0 Å². The summed E-state index contributed by atoms with van der Waals surface area (Å²) >= 11 is 5.51. The molecule has 16 heavy (non-hydrogen) atoms. The third-order valence-corrected chi connectivity index (χ3v) is 2.55. The molecular formula is C11H14ClNO3. The van der Waals surface area contributed by atoms with Crippen molar-refractivity contribution in [1.82, 2.24) is 5.32 Å². The van der Waals surface area contributed by atoms with Gasteiger partial charge in [-0.25, -0.2) is 4.79 Å². The lowest BCUT2D eigenvalue weighted by atomic mass is 10.0. The van der Waals surface area contributed by atoms with E-state index in [2.05, 4.69) is 5.32 Å². The van der Waals surface area contributed by atoms with Crippen molar-refractivity contribution in [1.29, 1.82) is 0 Å². The van der Waals surface area contributed by atoms with Gasteiger partial charge in [0.2, 0.25) is 0 Å². The maximum absolute atomic E-state index is 10.6. The first-order valence-electron chi connectivity index (χ1n) is 4.91. The number of benzene rings is 1. The molecule has 2 atom stereocenters. The fourth-order valence-corrected chi connectivity index (χ4v) is 1.63. The summed E-state index contributed by atoms with van der Waals surface area (Å²) < 4.78 is 0. The molecule has 0 bridgehead atoms. The molecule has 4 nitrogen and oxygen atoms in total. The number of carbonyl (C=O) groups is 1. The fourth-order valence-electron chi connectivity index (χ4n) is 1.42. The number of aliphatic hydroxyl groups is 1. The molecule has 3 N–H and O–H groups in total. The minimum Gasteiger partial charge on any atom is -0.465 e. The summed E-state index contributed by atoms with van der Waals surface area (Å²) in [6, 6.07) is 8.76. The van der Waals surface area contributed by atoms with Gasteiger partial charge in [0.15, 0.2) is 0 Å². The summed E-state index contributed by atoms with van der Waals surface area (Å²) in [5.41, 5.74) is 0.949. The van der Waals surface area contributed by atoms with Crippen molar-refractivity contribution in [2.24, 2.45) is 0 Å². The van der Waals surface area contributed by atoms with Crippen molar-refractivity contribution in [3.05, 3.63) is 35.9 Å². The highest BCUT2D eigenvalue weighted by molar-refractivity contribution is 6.18. The smallest absolute Gasteiger partial charge is 0.404 e. The molecule has 0 aliphatic heterocycles. The number of hydrogen-bond donors (Lipinski definition) is 3. The molecule has 0 saturated carbocycles. The molecule has 0 aliphatic carbocycles. The van der Waals surface area contributed by atoms with Gasteiger partial charge in [0.25, 0.3) is 0 Å². The largest absolute Gasteiger partial charge is 0.465 e. The quantitative estimate of drug-likeness (QED) is 0.686. The zero-order valence-electron chi connectivity index (χ0n) is 8.64. The molecule has 0 radical (unpaired) electrons. The van der Waals surface area contributed by atoms with Gasteiger partial charge in [-0.05, 0) is 12.0 Å². The van der Waals surface area contributed by atoms with Crippen LogP contribution in [0.1, 0.15) is 5.56 Å². The van der Waals surface area contributed by atoms with Gasteiger partial charge >= 0.3 is 6.09 Å². The topological polar surface area (TPSA) is 69.6 Å². The number of carboxylic acid groups (broad SMARTS) is 1. The molecule has 1 rings (SSSR count). The van der Waals surface area contributed by atoms with Crippen molar-refractivity contribution < 1.29 is 15.0 Å². The molecule has 1 aromatic rings. The Balaban J connectivity index is 2.67. The summed E-state index contributed by atoms with van der Waals surface area (Å²) in [7, 11) is 0. The van der Waals surface area contributed by atoms with Crippen LogP contribution in [0.4, 0.5) is 4.79 Å². The second kappa shape index (κ2) is 6.35. The van der Waals surface area contributed by atoms with Crippen LogP contribution < -0.4 is 5.32 Å². The van der Waals surface area contributed by atoms with Gasteiger partial charge in [-0.2, -0.15) is 0 Å². The molecule has 88 valence electrons. The highest BCUT2D eigenvalue weighted by atomic mass is 35.5. The molecule has 1 aromatic carbocycles. The number of halogens is 1. The average Bonchev–Trinajstić information content (AvgIpc) is 2.28. The van der Waals surface area contributed by atoms with E-state index in [1.807, 2.05) is 30.3 Å². The minimum absolute atomic E-state index is 0.00220. The van der Waals surface area contributed by atoms with Crippen LogP contribution >= 0.6 is 11.6 Å². The third kappa shape index (κ3) is 4.08. The fraction of sp³-hybridized carbons (Fsp3) is 0.364. The summed E-state index contributed by atoms with van der Waals surface area (Å²) in [6.45, 7) is 0. The van der Waals surface area contributed by atoms with Gasteiger partial charge in [-0.1, -0.05) is 30.3 Å². The van der Waals surface area contributed by atoms with Crippen molar-refractivity contribution >= 4 is 17.7 Å². The van der Waals surface area contributed by atoms with Gasteiger partial charge in [0.05, 0.1) is 18.0 Å². The van der Waals surface area contributed by atoms with Gasteiger partial charge in [-0.3, -0.25) is 0 Å².